The maximum Gasteiger partial charge on any atom is 0.305 e. The van der Waals surface area contributed by atoms with Gasteiger partial charge in [-0.2, -0.15) is 0 Å². The van der Waals surface area contributed by atoms with Crippen LogP contribution in [-0.4, -0.2) is 29.9 Å². The van der Waals surface area contributed by atoms with E-state index in [2.05, 4.69) is 13.8 Å². The molecule has 0 amide bonds. The molecule has 0 bridgehead atoms. The van der Waals surface area contributed by atoms with Crippen LogP contribution in [0, 0.1) is 11.8 Å². The Kier molecular flexibility index (Phi) is 10.2. The Morgan fingerprint density at radius 2 is 1.69 bits per heavy atom. The van der Waals surface area contributed by atoms with Gasteiger partial charge in [-0.15, -0.1) is 0 Å². The molecular formula is C10H23AlO2. The van der Waals surface area contributed by atoms with Gasteiger partial charge < -0.3 is 4.74 Å². The molecule has 0 aliphatic heterocycles. The second-order valence-electron chi connectivity index (χ2n) is 4.01. The molecule has 0 aliphatic carbocycles. The van der Waals surface area contributed by atoms with Crippen LogP contribution in [0.5, 0.6) is 0 Å². The van der Waals surface area contributed by atoms with E-state index >= 15 is 0 Å². The number of esters is 1. The van der Waals surface area contributed by atoms with E-state index in [0.29, 0.717) is 24.9 Å². The van der Waals surface area contributed by atoms with Gasteiger partial charge >= 0.3 is 5.97 Å². The summed E-state index contributed by atoms with van der Waals surface area (Å²) in [4.78, 5) is 11.0. The third-order valence-electron chi connectivity index (χ3n) is 1.50. The minimum Gasteiger partial charge on any atom is -0.465 e. The van der Waals surface area contributed by atoms with Crippen molar-refractivity contribution in [3.05, 3.63) is 0 Å². The minimum atomic E-state index is -0.0580. The molecule has 2 nitrogen and oxygen atoms in total. The van der Waals surface area contributed by atoms with Crippen LogP contribution in [0.3, 0.4) is 0 Å². The van der Waals surface area contributed by atoms with Crippen LogP contribution in [0.1, 0.15) is 40.5 Å². The number of hydrogen-bond acceptors (Lipinski definition) is 2. The van der Waals surface area contributed by atoms with Crippen molar-refractivity contribution in [3.63, 3.8) is 0 Å². The molecule has 0 aliphatic rings. The van der Waals surface area contributed by atoms with Crippen LogP contribution in [0.15, 0.2) is 0 Å². The third-order valence-corrected chi connectivity index (χ3v) is 1.50. The van der Waals surface area contributed by atoms with E-state index in [1.54, 1.807) is 0 Å². The molecule has 78 valence electrons. The van der Waals surface area contributed by atoms with Crippen molar-refractivity contribution in [1.82, 2.24) is 0 Å². The Morgan fingerprint density at radius 1 is 1.15 bits per heavy atom. The van der Waals surface area contributed by atoms with Gasteiger partial charge in [0.2, 0.25) is 0 Å². The molecule has 0 aromatic rings. The first-order valence-corrected chi connectivity index (χ1v) is 4.68. The summed E-state index contributed by atoms with van der Waals surface area (Å²) < 4.78 is 5.01. The molecule has 0 fully saturated rings. The van der Waals surface area contributed by atoms with Crippen molar-refractivity contribution in [2.24, 2.45) is 11.8 Å². The molecule has 0 spiro atoms. The summed E-state index contributed by atoms with van der Waals surface area (Å²) in [5.74, 6) is 0.960. The Bertz CT molecular complexity index is 119. The normalized spacial score (nSPS) is 10.0. The lowest BCUT2D eigenvalue weighted by Gasteiger charge is -2.07. The summed E-state index contributed by atoms with van der Waals surface area (Å²) in [5.41, 5.74) is 0. The lowest BCUT2D eigenvalue weighted by molar-refractivity contribution is -0.145. The molecule has 0 radical (unpaired) electrons. The van der Waals surface area contributed by atoms with Crippen LogP contribution in [0.4, 0.5) is 0 Å². The Morgan fingerprint density at radius 3 is 2.08 bits per heavy atom. The summed E-state index contributed by atoms with van der Waals surface area (Å²) in [6.45, 7) is 8.84. The van der Waals surface area contributed by atoms with E-state index in [-0.39, 0.29) is 23.3 Å². The van der Waals surface area contributed by atoms with Crippen molar-refractivity contribution < 1.29 is 9.53 Å². The van der Waals surface area contributed by atoms with Crippen molar-refractivity contribution in [2.45, 2.75) is 40.5 Å². The summed E-state index contributed by atoms with van der Waals surface area (Å²) in [6.07, 6.45) is 1.49. The molecule has 0 aromatic heterocycles. The number of rotatable bonds is 5. The predicted octanol–water partition coefficient (Wildman–Crippen LogP) is 1.44. The fourth-order valence-electron chi connectivity index (χ4n) is 0.738. The van der Waals surface area contributed by atoms with Gasteiger partial charge in [-0.3, -0.25) is 4.79 Å². The number of carbonyl (C=O) groups is 1. The van der Waals surface area contributed by atoms with Crippen molar-refractivity contribution in [1.29, 1.82) is 0 Å². The topological polar surface area (TPSA) is 26.3 Å². The molecule has 3 heteroatoms. The van der Waals surface area contributed by atoms with E-state index in [9.17, 15) is 4.79 Å². The van der Waals surface area contributed by atoms with E-state index in [1.807, 2.05) is 13.8 Å². The third kappa shape index (κ3) is 12.0. The Balaban J connectivity index is 0. The first-order valence-electron chi connectivity index (χ1n) is 4.68. The van der Waals surface area contributed by atoms with Gasteiger partial charge in [-0.05, 0) is 18.3 Å². The van der Waals surface area contributed by atoms with Gasteiger partial charge in [0, 0.05) is 6.42 Å². The number of carbonyl (C=O) groups excluding carboxylic acids is 1. The van der Waals surface area contributed by atoms with Gasteiger partial charge in [0.25, 0.3) is 0 Å². The molecule has 0 saturated heterocycles. The average Bonchev–Trinajstić information content (AvgIpc) is 1.96. The van der Waals surface area contributed by atoms with Crippen LogP contribution >= 0.6 is 0 Å². The van der Waals surface area contributed by atoms with E-state index in [0.717, 1.165) is 6.42 Å². The molecule has 0 heterocycles. The zero-order valence-corrected chi connectivity index (χ0v) is 8.59. The zero-order chi connectivity index (χ0) is 9.56. The molecule has 0 unspecified atom stereocenters. The zero-order valence-electron chi connectivity index (χ0n) is 8.59. The van der Waals surface area contributed by atoms with Gasteiger partial charge in [0.1, 0.15) is 0 Å². The average molecular weight is 202 g/mol. The Hall–Kier alpha value is 0.00247. The van der Waals surface area contributed by atoms with Gasteiger partial charge in [-0.1, -0.05) is 27.7 Å². The van der Waals surface area contributed by atoms with Gasteiger partial charge in [0.15, 0.2) is 17.4 Å². The second-order valence-corrected chi connectivity index (χ2v) is 4.01. The lowest BCUT2D eigenvalue weighted by atomic mass is 10.1. The summed E-state index contributed by atoms with van der Waals surface area (Å²) in [7, 11) is 0. The highest BCUT2D eigenvalue weighted by Gasteiger charge is 2.05. The molecule has 0 N–H and O–H groups in total. The first kappa shape index (κ1) is 15.5. The van der Waals surface area contributed by atoms with Crippen molar-refractivity contribution in [2.75, 3.05) is 6.61 Å². The van der Waals surface area contributed by atoms with Crippen molar-refractivity contribution >= 4 is 23.3 Å². The van der Waals surface area contributed by atoms with E-state index in [1.165, 1.54) is 0 Å². The predicted molar refractivity (Wildman–Crippen MR) is 59.8 cm³/mol. The molecule has 13 heavy (non-hydrogen) atoms. The monoisotopic (exact) mass is 202 g/mol. The van der Waals surface area contributed by atoms with Gasteiger partial charge in [-0.25, -0.2) is 0 Å². The molecular weight excluding hydrogens is 179 g/mol. The molecule has 0 atom stereocenters. The van der Waals surface area contributed by atoms with Crippen LogP contribution < -0.4 is 0 Å². The fraction of sp³-hybridized carbons (Fsp3) is 0.900. The van der Waals surface area contributed by atoms with Crippen LogP contribution in [-0.2, 0) is 9.53 Å². The highest BCUT2D eigenvalue weighted by Crippen LogP contribution is 2.05. The SMILES string of the molecule is CC(C)CCC(=O)OCC(C)C.[AlH3]. The number of hydrogen-bond donors (Lipinski definition) is 0. The highest BCUT2D eigenvalue weighted by atomic mass is 27.0. The quantitative estimate of drug-likeness (QED) is 0.498. The standard InChI is InChI=1S/C10H20O2.Al.3H/c1-8(2)5-6-10(11)12-7-9(3)4;;;;/h8-9H,5-7H2,1-4H3;;;;. The smallest absolute Gasteiger partial charge is 0.305 e. The second kappa shape index (κ2) is 8.59. The molecule has 0 aromatic carbocycles. The fourth-order valence-corrected chi connectivity index (χ4v) is 0.738. The largest absolute Gasteiger partial charge is 0.465 e. The van der Waals surface area contributed by atoms with Crippen LogP contribution in [0.25, 0.3) is 0 Å². The first-order chi connectivity index (χ1) is 5.52. The van der Waals surface area contributed by atoms with E-state index in [4.69, 9.17) is 4.74 Å². The number of ether oxygens (including phenoxy) is 1. The maximum atomic E-state index is 11.0. The van der Waals surface area contributed by atoms with Crippen LogP contribution in [0.2, 0.25) is 0 Å². The highest BCUT2D eigenvalue weighted by molar-refractivity contribution is 5.75. The Labute approximate surface area is 92.2 Å². The van der Waals surface area contributed by atoms with Crippen molar-refractivity contribution in [3.8, 4) is 0 Å². The summed E-state index contributed by atoms with van der Waals surface area (Å²) in [5, 5.41) is 0. The van der Waals surface area contributed by atoms with E-state index < -0.39 is 0 Å². The van der Waals surface area contributed by atoms with Gasteiger partial charge in [0.05, 0.1) is 6.61 Å². The molecule has 0 saturated carbocycles. The summed E-state index contributed by atoms with van der Waals surface area (Å²) >= 11 is 0. The lowest BCUT2D eigenvalue weighted by Crippen LogP contribution is -2.10. The maximum absolute atomic E-state index is 11.0. The summed E-state index contributed by atoms with van der Waals surface area (Å²) in [6, 6.07) is 0. The minimum absolute atomic E-state index is 0. The molecule has 0 rings (SSSR count).